The van der Waals surface area contributed by atoms with Crippen molar-refractivity contribution in [2.24, 2.45) is 11.8 Å². The number of aliphatic hydroxyl groups is 2. The molecule has 28 heavy (non-hydrogen) atoms. The summed E-state index contributed by atoms with van der Waals surface area (Å²) in [6, 6.07) is 0. The molecule has 1 fully saturated rings. The molecular weight excluding hydrogens is 348 g/mol. The Morgan fingerprint density at radius 2 is 1.46 bits per heavy atom. The van der Waals surface area contributed by atoms with Crippen LogP contribution >= 0.6 is 0 Å². The summed E-state index contributed by atoms with van der Waals surface area (Å²) in [6.45, 7) is 10.8. The van der Waals surface area contributed by atoms with Crippen LogP contribution in [0.5, 0.6) is 0 Å². The SMILES string of the molecule is CC(=O)C(C)=C(C)C=CC=CC=CC=CC=CC1C(C(C)(C)O)CCC1(C)O. The van der Waals surface area contributed by atoms with Crippen molar-refractivity contribution in [3.63, 3.8) is 0 Å². The second kappa shape index (κ2) is 10.5. The predicted octanol–water partition coefficient (Wildman–Crippen LogP) is 5.24. The number of hydrogen-bond acceptors (Lipinski definition) is 3. The zero-order chi connectivity index (χ0) is 21.4. The lowest BCUT2D eigenvalue weighted by molar-refractivity contribution is -0.113. The molecule has 0 heterocycles. The summed E-state index contributed by atoms with van der Waals surface area (Å²) in [7, 11) is 0. The predicted molar refractivity (Wildman–Crippen MR) is 118 cm³/mol. The molecule has 3 atom stereocenters. The molecule has 154 valence electrons. The van der Waals surface area contributed by atoms with E-state index in [0.29, 0.717) is 6.42 Å². The van der Waals surface area contributed by atoms with Gasteiger partial charge in [0, 0.05) is 5.92 Å². The number of allylic oxidation sites excluding steroid dienone is 11. The van der Waals surface area contributed by atoms with Gasteiger partial charge in [-0.15, -0.1) is 0 Å². The molecule has 0 radical (unpaired) electrons. The second-order valence-corrected chi connectivity index (χ2v) is 8.44. The first-order valence-corrected chi connectivity index (χ1v) is 9.95. The minimum Gasteiger partial charge on any atom is -0.390 e. The van der Waals surface area contributed by atoms with Gasteiger partial charge in [0.15, 0.2) is 5.78 Å². The highest BCUT2D eigenvalue weighted by Crippen LogP contribution is 2.45. The van der Waals surface area contributed by atoms with Crippen LogP contribution < -0.4 is 0 Å². The summed E-state index contributed by atoms with van der Waals surface area (Å²) in [6.07, 6.45) is 20.9. The maximum absolute atomic E-state index is 11.3. The van der Waals surface area contributed by atoms with Gasteiger partial charge in [-0.2, -0.15) is 0 Å². The van der Waals surface area contributed by atoms with Gasteiger partial charge in [-0.25, -0.2) is 0 Å². The standard InChI is InChI=1S/C25H36O3/c1-19(20(2)21(3)26)15-13-11-9-7-8-10-12-14-16-23-22(24(4,5)27)17-18-25(23,6)28/h7-16,22-23,27-28H,17-18H2,1-6H3. The number of carbonyl (C=O) groups excluding carboxylic acids is 1. The van der Waals surface area contributed by atoms with E-state index in [4.69, 9.17) is 0 Å². The second-order valence-electron chi connectivity index (χ2n) is 8.44. The van der Waals surface area contributed by atoms with Crippen LogP contribution in [0.1, 0.15) is 54.4 Å². The number of hydrogen-bond donors (Lipinski definition) is 2. The molecule has 0 aromatic carbocycles. The minimum atomic E-state index is -0.798. The normalized spacial score (nSPS) is 27.9. The van der Waals surface area contributed by atoms with Crippen LogP contribution in [0.15, 0.2) is 71.9 Å². The van der Waals surface area contributed by atoms with E-state index in [1.54, 1.807) is 6.92 Å². The Morgan fingerprint density at radius 1 is 0.964 bits per heavy atom. The van der Waals surface area contributed by atoms with Crippen molar-refractivity contribution in [1.29, 1.82) is 0 Å². The first-order valence-electron chi connectivity index (χ1n) is 9.95. The van der Waals surface area contributed by atoms with Crippen molar-refractivity contribution >= 4 is 5.78 Å². The maximum atomic E-state index is 11.3. The molecule has 3 nitrogen and oxygen atoms in total. The summed E-state index contributed by atoms with van der Waals surface area (Å²) in [5.74, 6) is 0.0969. The number of ketones is 1. The average molecular weight is 385 g/mol. The summed E-state index contributed by atoms with van der Waals surface area (Å²) in [4.78, 5) is 11.3. The Kier molecular flexibility index (Phi) is 9.06. The molecule has 3 heteroatoms. The molecule has 1 saturated carbocycles. The van der Waals surface area contributed by atoms with Crippen molar-refractivity contribution in [3.8, 4) is 0 Å². The fourth-order valence-electron chi connectivity index (χ4n) is 3.53. The van der Waals surface area contributed by atoms with Crippen LogP contribution in [-0.2, 0) is 4.79 Å². The Labute approximate surface area is 170 Å². The zero-order valence-corrected chi connectivity index (χ0v) is 18.1. The molecule has 1 aliphatic rings. The van der Waals surface area contributed by atoms with Gasteiger partial charge in [-0.05, 0) is 71.4 Å². The third-order valence-corrected chi connectivity index (χ3v) is 5.58. The van der Waals surface area contributed by atoms with E-state index in [1.165, 1.54) is 0 Å². The monoisotopic (exact) mass is 384 g/mol. The summed E-state index contributed by atoms with van der Waals surface area (Å²) >= 11 is 0. The van der Waals surface area contributed by atoms with Gasteiger partial charge in [0.1, 0.15) is 0 Å². The molecule has 0 aromatic heterocycles. The molecule has 0 saturated heterocycles. The Balaban J connectivity index is 2.57. The van der Waals surface area contributed by atoms with Crippen molar-refractivity contribution in [2.75, 3.05) is 0 Å². The number of Topliss-reactive ketones (excluding diaryl/α,β-unsaturated/α-hetero) is 1. The Morgan fingerprint density at radius 3 is 1.96 bits per heavy atom. The average Bonchev–Trinajstić information content (AvgIpc) is 2.90. The van der Waals surface area contributed by atoms with E-state index >= 15 is 0 Å². The molecule has 3 unspecified atom stereocenters. The highest BCUT2D eigenvalue weighted by Gasteiger charge is 2.47. The molecule has 0 spiro atoms. The largest absolute Gasteiger partial charge is 0.390 e. The quantitative estimate of drug-likeness (QED) is 0.444. The van der Waals surface area contributed by atoms with Crippen LogP contribution in [0, 0.1) is 11.8 Å². The lowest BCUT2D eigenvalue weighted by atomic mass is 9.78. The van der Waals surface area contributed by atoms with Gasteiger partial charge in [-0.3, -0.25) is 4.79 Å². The van der Waals surface area contributed by atoms with E-state index < -0.39 is 11.2 Å². The third-order valence-electron chi connectivity index (χ3n) is 5.58. The van der Waals surface area contributed by atoms with Crippen molar-refractivity contribution in [2.45, 2.75) is 65.6 Å². The fraction of sp³-hybridized carbons (Fsp3) is 0.480. The van der Waals surface area contributed by atoms with E-state index in [2.05, 4.69) is 0 Å². The lowest BCUT2D eigenvalue weighted by Gasteiger charge is -2.33. The fourth-order valence-corrected chi connectivity index (χ4v) is 3.53. The van der Waals surface area contributed by atoms with Gasteiger partial charge >= 0.3 is 0 Å². The van der Waals surface area contributed by atoms with Gasteiger partial charge < -0.3 is 10.2 Å². The molecule has 0 aromatic rings. The zero-order valence-electron chi connectivity index (χ0n) is 18.1. The molecule has 0 amide bonds. The van der Waals surface area contributed by atoms with Gasteiger partial charge in [0.05, 0.1) is 11.2 Å². The molecule has 0 aliphatic heterocycles. The minimum absolute atomic E-state index is 0.0547. The van der Waals surface area contributed by atoms with Crippen molar-refractivity contribution in [3.05, 3.63) is 71.9 Å². The van der Waals surface area contributed by atoms with Crippen LogP contribution in [0.2, 0.25) is 0 Å². The number of carbonyl (C=O) groups is 1. The number of rotatable bonds is 8. The van der Waals surface area contributed by atoms with Gasteiger partial charge in [-0.1, -0.05) is 60.8 Å². The van der Waals surface area contributed by atoms with E-state index in [9.17, 15) is 15.0 Å². The maximum Gasteiger partial charge on any atom is 0.155 e. The van der Waals surface area contributed by atoms with E-state index in [0.717, 1.165) is 17.6 Å². The van der Waals surface area contributed by atoms with Crippen LogP contribution in [0.3, 0.4) is 0 Å². The topological polar surface area (TPSA) is 57.5 Å². The smallest absolute Gasteiger partial charge is 0.155 e. The summed E-state index contributed by atoms with van der Waals surface area (Å²) in [5.41, 5.74) is 0.183. The highest BCUT2D eigenvalue weighted by atomic mass is 16.3. The highest BCUT2D eigenvalue weighted by molar-refractivity contribution is 5.93. The first kappa shape index (κ1) is 24.1. The summed E-state index contributed by atoms with van der Waals surface area (Å²) in [5, 5.41) is 20.9. The van der Waals surface area contributed by atoms with Crippen molar-refractivity contribution < 1.29 is 15.0 Å². The van der Waals surface area contributed by atoms with Gasteiger partial charge in [0.2, 0.25) is 0 Å². The molecular formula is C25H36O3. The molecule has 1 aliphatic carbocycles. The van der Waals surface area contributed by atoms with E-state index in [-0.39, 0.29) is 17.6 Å². The van der Waals surface area contributed by atoms with Crippen molar-refractivity contribution in [1.82, 2.24) is 0 Å². The lowest BCUT2D eigenvalue weighted by Crippen LogP contribution is -2.39. The Hall–Kier alpha value is -1.97. The van der Waals surface area contributed by atoms with E-state index in [1.807, 2.05) is 95.4 Å². The molecule has 0 bridgehead atoms. The molecule has 1 rings (SSSR count). The Bertz CT molecular complexity index is 707. The van der Waals surface area contributed by atoms with Gasteiger partial charge in [0.25, 0.3) is 0 Å². The van der Waals surface area contributed by atoms with Crippen LogP contribution in [0.4, 0.5) is 0 Å². The first-order chi connectivity index (χ1) is 13.0. The summed E-state index contributed by atoms with van der Waals surface area (Å²) < 4.78 is 0. The van der Waals surface area contributed by atoms with Crippen LogP contribution in [0.25, 0.3) is 0 Å². The third kappa shape index (κ3) is 7.57. The molecule has 2 N–H and O–H groups in total. The van der Waals surface area contributed by atoms with Crippen LogP contribution in [-0.4, -0.2) is 27.2 Å².